The van der Waals surface area contributed by atoms with Crippen LogP contribution in [0.3, 0.4) is 0 Å². The zero-order valence-electron chi connectivity index (χ0n) is 8.64. The molecule has 0 atom stereocenters. The Labute approximate surface area is 93.4 Å². The lowest BCUT2D eigenvalue weighted by Crippen LogP contribution is -2.01. The van der Waals surface area contributed by atoms with Gasteiger partial charge in [0.1, 0.15) is 0 Å². The van der Waals surface area contributed by atoms with Crippen molar-refractivity contribution in [2.24, 2.45) is 10.9 Å². The van der Waals surface area contributed by atoms with Crippen molar-refractivity contribution in [3.63, 3.8) is 0 Å². The van der Waals surface area contributed by atoms with Gasteiger partial charge in [-0.2, -0.15) is 5.10 Å². The van der Waals surface area contributed by atoms with E-state index >= 15 is 0 Å². The maximum atomic E-state index is 6.01. The molecule has 0 saturated heterocycles. The fraction of sp³-hybridized carbons (Fsp3) is 0. The van der Waals surface area contributed by atoms with Crippen molar-refractivity contribution >= 4 is 11.4 Å². The number of anilines is 1. The first-order valence-corrected chi connectivity index (χ1v) is 5.09. The fourth-order valence-electron chi connectivity index (χ4n) is 2.26. The first kappa shape index (κ1) is 8.97. The smallest absolute Gasteiger partial charge is 0.0984 e. The van der Waals surface area contributed by atoms with E-state index in [4.69, 9.17) is 11.6 Å². The molecular formula is C13H11N3. The highest BCUT2D eigenvalue weighted by molar-refractivity contribution is 6.25. The van der Waals surface area contributed by atoms with Crippen LogP contribution in [0.2, 0.25) is 0 Å². The van der Waals surface area contributed by atoms with E-state index < -0.39 is 0 Å². The van der Waals surface area contributed by atoms with Crippen LogP contribution in [-0.4, -0.2) is 5.71 Å². The molecule has 3 nitrogen and oxygen atoms in total. The van der Waals surface area contributed by atoms with Crippen LogP contribution < -0.4 is 11.6 Å². The predicted octanol–water partition coefficient (Wildman–Crippen LogP) is 1.96. The van der Waals surface area contributed by atoms with Crippen molar-refractivity contribution in [3.05, 3.63) is 53.6 Å². The average Bonchev–Trinajstić information content (AvgIpc) is 2.64. The summed E-state index contributed by atoms with van der Waals surface area (Å²) in [6.07, 6.45) is 0. The van der Waals surface area contributed by atoms with Crippen molar-refractivity contribution in [2.45, 2.75) is 0 Å². The van der Waals surface area contributed by atoms with E-state index in [0.29, 0.717) is 0 Å². The van der Waals surface area contributed by atoms with Gasteiger partial charge in [0.05, 0.1) is 5.71 Å². The number of rotatable bonds is 0. The molecule has 2 aromatic carbocycles. The molecule has 0 spiro atoms. The Hall–Kier alpha value is -2.29. The molecule has 0 saturated carbocycles. The molecule has 0 aliphatic heterocycles. The monoisotopic (exact) mass is 209 g/mol. The fourth-order valence-corrected chi connectivity index (χ4v) is 2.26. The van der Waals surface area contributed by atoms with E-state index in [1.165, 1.54) is 0 Å². The number of nitrogen functional groups attached to an aromatic ring is 1. The Morgan fingerprint density at radius 3 is 2.25 bits per heavy atom. The van der Waals surface area contributed by atoms with Gasteiger partial charge in [-0.15, -0.1) is 0 Å². The van der Waals surface area contributed by atoms with Gasteiger partial charge in [-0.1, -0.05) is 36.4 Å². The topological polar surface area (TPSA) is 64.4 Å². The van der Waals surface area contributed by atoms with Gasteiger partial charge >= 0.3 is 0 Å². The minimum absolute atomic E-state index is 0.767. The van der Waals surface area contributed by atoms with Crippen LogP contribution in [0.25, 0.3) is 11.1 Å². The van der Waals surface area contributed by atoms with Crippen LogP contribution in [0.4, 0.5) is 5.69 Å². The second-order valence-electron chi connectivity index (χ2n) is 3.79. The van der Waals surface area contributed by atoms with E-state index in [1.807, 2.05) is 42.5 Å². The predicted molar refractivity (Wildman–Crippen MR) is 66.1 cm³/mol. The highest BCUT2D eigenvalue weighted by Crippen LogP contribution is 2.40. The average molecular weight is 209 g/mol. The van der Waals surface area contributed by atoms with Crippen molar-refractivity contribution in [2.75, 3.05) is 5.73 Å². The zero-order valence-corrected chi connectivity index (χ0v) is 8.64. The van der Waals surface area contributed by atoms with Crippen LogP contribution >= 0.6 is 0 Å². The van der Waals surface area contributed by atoms with Crippen LogP contribution in [0.15, 0.2) is 47.6 Å². The largest absolute Gasteiger partial charge is 0.398 e. The summed E-state index contributed by atoms with van der Waals surface area (Å²) in [5.74, 6) is 5.46. The van der Waals surface area contributed by atoms with E-state index in [9.17, 15) is 0 Å². The number of fused-ring (bicyclic) bond motifs is 3. The molecule has 0 unspecified atom stereocenters. The van der Waals surface area contributed by atoms with Gasteiger partial charge in [-0.3, -0.25) is 0 Å². The van der Waals surface area contributed by atoms with Crippen LogP contribution in [0.5, 0.6) is 0 Å². The maximum Gasteiger partial charge on any atom is 0.0984 e. The summed E-state index contributed by atoms with van der Waals surface area (Å²) in [5, 5.41) is 3.87. The van der Waals surface area contributed by atoms with Gasteiger partial charge in [0.15, 0.2) is 0 Å². The number of hydrogen-bond donors (Lipinski definition) is 2. The molecule has 3 rings (SSSR count). The Kier molecular flexibility index (Phi) is 1.74. The highest BCUT2D eigenvalue weighted by Gasteiger charge is 2.25. The quantitative estimate of drug-likeness (QED) is 0.337. The Morgan fingerprint density at radius 2 is 1.50 bits per heavy atom. The normalized spacial score (nSPS) is 14.9. The molecule has 3 heteroatoms. The van der Waals surface area contributed by atoms with Gasteiger partial charge in [-0.05, 0) is 11.6 Å². The molecule has 78 valence electrons. The van der Waals surface area contributed by atoms with E-state index in [2.05, 4.69) is 5.10 Å². The minimum Gasteiger partial charge on any atom is -0.398 e. The molecule has 1 aliphatic carbocycles. The first-order chi connectivity index (χ1) is 7.83. The third kappa shape index (κ3) is 0.997. The second-order valence-corrected chi connectivity index (χ2v) is 3.79. The van der Waals surface area contributed by atoms with Crippen LogP contribution in [0, 0.1) is 0 Å². The Morgan fingerprint density at radius 1 is 0.812 bits per heavy atom. The van der Waals surface area contributed by atoms with Gasteiger partial charge in [0, 0.05) is 22.4 Å². The lowest BCUT2D eigenvalue weighted by atomic mass is 10.0. The molecule has 0 bridgehead atoms. The maximum absolute atomic E-state index is 6.01. The summed E-state index contributed by atoms with van der Waals surface area (Å²) in [6, 6.07) is 13.8. The molecule has 1 aliphatic rings. The van der Waals surface area contributed by atoms with Crippen molar-refractivity contribution in [3.8, 4) is 11.1 Å². The molecular weight excluding hydrogens is 198 g/mol. The van der Waals surface area contributed by atoms with Gasteiger partial charge in [-0.25, -0.2) is 0 Å². The molecule has 0 aromatic heterocycles. The minimum atomic E-state index is 0.767. The van der Waals surface area contributed by atoms with Crippen molar-refractivity contribution < 1.29 is 0 Å². The highest BCUT2D eigenvalue weighted by atomic mass is 15.1. The van der Waals surface area contributed by atoms with E-state index in [1.54, 1.807) is 0 Å². The van der Waals surface area contributed by atoms with E-state index in [0.717, 1.165) is 33.7 Å². The van der Waals surface area contributed by atoms with Gasteiger partial charge < -0.3 is 11.6 Å². The number of benzene rings is 2. The summed E-state index contributed by atoms with van der Waals surface area (Å²) in [5.41, 5.74) is 11.8. The number of nitrogens with zero attached hydrogens (tertiary/aromatic N) is 1. The second kappa shape index (κ2) is 3.10. The number of hydrogen-bond acceptors (Lipinski definition) is 3. The summed E-state index contributed by atoms with van der Waals surface area (Å²) < 4.78 is 0. The molecule has 0 heterocycles. The van der Waals surface area contributed by atoms with Crippen LogP contribution in [0.1, 0.15) is 11.1 Å². The Balaban J connectivity index is 2.45. The number of nitrogens with two attached hydrogens (primary N) is 2. The Bertz CT molecular complexity index is 600. The molecule has 0 radical (unpaired) electrons. The molecule has 16 heavy (non-hydrogen) atoms. The molecule has 0 fully saturated rings. The molecule has 0 amide bonds. The van der Waals surface area contributed by atoms with Crippen molar-refractivity contribution in [1.29, 1.82) is 0 Å². The summed E-state index contributed by atoms with van der Waals surface area (Å²) in [4.78, 5) is 0. The van der Waals surface area contributed by atoms with E-state index in [-0.39, 0.29) is 0 Å². The number of hydrazone groups is 1. The molecule has 4 N–H and O–H groups in total. The first-order valence-electron chi connectivity index (χ1n) is 5.09. The van der Waals surface area contributed by atoms with Crippen LogP contribution in [-0.2, 0) is 0 Å². The lowest BCUT2D eigenvalue weighted by Gasteiger charge is -2.03. The van der Waals surface area contributed by atoms with Crippen molar-refractivity contribution in [1.82, 2.24) is 0 Å². The molecule has 2 aromatic rings. The SMILES string of the molecule is N/N=C1/c2ccccc2-c2c(N)cccc21. The summed E-state index contributed by atoms with van der Waals surface area (Å²) >= 11 is 0. The summed E-state index contributed by atoms with van der Waals surface area (Å²) in [7, 11) is 0. The van der Waals surface area contributed by atoms with Gasteiger partial charge in [0.2, 0.25) is 0 Å². The van der Waals surface area contributed by atoms with Gasteiger partial charge in [0.25, 0.3) is 0 Å². The zero-order chi connectivity index (χ0) is 11.1. The summed E-state index contributed by atoms with van der Waals surface area (Å²) in [6.45, 7) is 0. The third-order valence-corrected chi connectivity index (χ3v) is 2.93. The lowest BCUT2D eigenvalue weighted by molar-refractivity contribution is 1.25. The third-order valence-electron chi connectivity index (χ3n) is 2.93. The standard InChI is InChI=1S/C13H11N3/c14-11-7-3-6-10-12(11)8-4-1-2-5-9(8)13(10)16-15/h1-7H,14-15H2/b16-13-.